The molecule has 2 rings (SSSR count). The van der Waals surface area contributed by atoms with Gasteiger partial charge in [0.25, 0.3) is 5.91 Å². The van der Waals surface area contributed by atoms with E-state index in [-0.39, 0.29) is 30.1 Å². The number of carbonyl (C=O) groups excluding carboxylic acids is 2. The molecule has 1 fully saturated rings. The summed E-state index contributed by atoms with van der Waals surface area (Å²) in [5.41, 5.74) is 5.90. The van der Waals surface area contributed by atoms with E-state index >= 15 is 0 Å². The normalized spacial score (nSPS) is 18.4. The molecule has 0 radical (unpaired) electrons. The van der Waals surface area contributed by atoms with Crippen LogP contribution in [0.25, 0.3) is 0 Å². The Hall–Kier alpha value is -1.18. The molecule has 2 amide bonds. The third-order valence-electron chi connectivity index (χ3n) is 3.28. The average Bonchev–Trinajstić information content (AvgIpc) is 2.86. The van der Waals surface area contributed by atoms with E-state index in [1.807, 2.05) is 13.8 Å². The van der Waals surface area contributed by atoms with Gasteiger partial charge in [0.05, 0.1) is 5.01 Å². The number of hydrogen-bond acceptors (Lipinski definition) is 5. The van der Waals surface area contributed by atoms with Crippen LogP contribution in [0.1, 0.15) is 29.3 Å². The van der Waals surface area contributed by atoms with E-state index in [2.05, 4.69) is 10.3 Å². The third kappa shape index (κ3) is 3.93. The molecule has 2 heterocycles. The highest BCUT2D eigenvalue weighted by Crippen LogP contribution is 2.19. The first-order chi connectivity index (χ1) is 9.54. The van der Waals surface area contributed by atoms with E-state index in [0.29, 0.717) is 31.7 Å². The first kappa shape index (κ1) is 17.9. The SMILES string of the molecule is CC(C)C1C(=O)NCCN1C(=O)c1csc(CCN)n1.Cl. The molecule has 21 heavy (non-hydrogen) atoms. The van der Waals surface area contributed by atoms with Crippen molar-refractivity contribution in [3.05, 3.63) is 16.1 Å². The predicted molar refractivity (Wildman–Crippen MR) is 84.8 cm³/mol. The van der Waals surface area contributed by atoms with Crippen molar-refractivity contribution in [1.82, 2.24) is 15.2 Å². The molecule has 6 nitrogen and oxygen atoms in total. The summed E-state index contributed by atoms with van der Waals surface area (Å²) in [5, 5.41) is 5.41. The second-order valence-corrected chi connectivity index (χ2v) is 6.09. The molecule has 0 aromatic carbocycles. The summed E-state index contributed by atoms with van der Waals surface area (Å²) in [6.07, 6.45) is 0.673. The number of nitrogens with one attached hydrogen (secondary N) is 1. The molecule has 1 aliphatic heterocycles. The molecule has 1 aromatic rings. The molecule has 1 saturated heterocycles. The van der Waals surface area contributed by atoms with Crippen molar-refractivity contribution in [3.63, 3.8) is 0 Å². The van der Waals surface area contributed by atoms with Crippen LogP contribution in [-0.2, 0) is 11.2 Å². The number of carbonyl (C=O) groups is 2. The molecule has 8 heteroatoms. The van der Waals surface area contributed by atoms with Gasteiger partial charge in [-0.05, 0) is 12.5 Å². The molecule has 1 unspecified atom stereocenters. The van der Waals surface area contributed by atoms with Crippen LogP contribution in [0.4, 0.5) is 0 Å². The fourth-order valence-electron chi connectivity index (χ4n) is 2.37. The second-order valence-electron chi connectivity index (χ2n) is 5.14. The van der Waals surface area contributed by atoms with Gasteiger partial charge in [-0.15, -0.1) is 23.7 Å². The van der Waals surface area contributed by atoms with Gasteiger partial charge in [-0.25, -0.2) is 4.98 Å². The number of nitrogens with zero attached hydrogens (tertiary/aromatic N) is 2. The van der Waals surface area contributed by atoms with Crippen LogP contribution in [0.3, 0.4) is 0 Å². The van der Waals surface area contributed by atoms with Crippen molar-refractivity contribution in [3.8, 4) is 0 Å². The molecule has 3 N–H and O–H groups in total. The van der Waals surface area contributed by atoms with Gasteiger partial charge in [-0.3, -0.25) is 9.59 Å². The third-order valence-corrected chi connectivity index (χ3v) is 4.19. The Morgan fingerprint density at radius 3 is 2.95 bits per heavy atom. The fraction of sp³-hybridized carbons (Fsp3) is 0.615. The van der Waals surface area contributed by atoms with Crippen LogP contribution in [0, 0.1) is 5.92 Å². The molecule has 118 valence electrons. The summed E-state index contributed by atoms with van der Waals surface area (Å²) in [4.78, 5) is 30.4. The molecule has 1 aliphatic rings. The van der Waals surface area contributed by atoms with E-state index in [9.17, 15) is 9.59 Å². The van der Waals surface area contributed by atoms with Gasteiger partial charge in [0.15, 0.2) is 0 Å². The van der Waals surface area contributed by atoms with Gasteiger partial charge < -0.3 is 16.0 Å². The molecule has 1 atom stereocenters. The fourth-order valence-corrected chi connectivity index (χ4v) is 3.16. The lowest BCUT2D eigenvalue weighted by molar-refractivity contribution is -0.129. The van der Waals surface area contributed by atoms with Crippen molar-refractivity contribution < 1.29 is 9.59 Å². The lowest BCUT2D eigenvalue weighted by atomic mass is 9.99. The maximum atomic E-state index is 12.5. The Balaban J connectivity index is 0.00000220. The average molecular weight is 333 g/mol. The highest BCUT2D eigenvalue weighted by atomic mass is 35.5. The number of aromatic nitrogens is 1. The summed E-state index contributed by atoms with van der Waals surface area (Å²) in [6, 6.07) is -0.420. The zero-order valence-corrected chi connectivity index (χ0v) is 13.8. The van der Waals surface area contributed by atoms with Crippen LogP contribution < -0.4 is 11.1 Å². The molecule has 0 aliphatic carbocycles. The summed E-state index contributed by atoms with van der Waals surface area (Å²) < 4.78 is 0. The maximum Gasteiger partial charge on any atom is 0.274 e. The van der Waals surface area contributed by atoms with Gasteiger partial charge >= 0.3 is 0 Å². The topological polar surface area (TPSA) is 88.3 Å². The van der Waals surface area contributed by atoms with Gasteiger partial charge in [-0.1, -0.05) is 13.8 Å². The van der Waals surface area contributed by atoms with Crippen molar-refractivity contribution in [2.45, 2.75) is 26.3 Å². The minimum atomic E-state index is -0.420. The molecule has 0 spiro atoms. The summed E-state index contributed by atoms with van der Waals surface area (Å²) in [7, 11) is 0. The van der Waals surface area contributed by atoms with Gasteiger partial charge in [-0.2, -0.15) is 0 Å². The summed E-state index contributed by atoms with van der Waals surface area (Å²) in [5.74, 6) is -0.184. The van der Waals surface area contributed by atoms with Crippen LogP contribution in [-0.4, -0.2) is 47.4 Å². The number of amides is 2. The van der Waals surface area contributed by atoms with Crippen molar-refractivity contribution in [2.75, 3.05) is 19.6 Å². The monoisotopic (exact) mass is 332 g/mol. The highest BCUT2D eigenvalue weighted by Gasteiger charge is 2.36. The van der Waals surface area contributed by atoms with Crippen LogP contribution in [0.15, 0.2) is 5.38 Å². The summed E-state index contributed by atoms with van der Waals surface area (Å²) >= 11 is 1.44. The smallest absolute Gasteiger partial charge is 0.274 e. The minimum Gasteiger partial charge on any atom is -0.353 e. The van der Waals surface area contributed by atoms with Crippen molar-refractivity contribution >= 4 is 35.6 Å². The number of hydrogen-bond donors (Lipinski definition) is 2. The Morgan fingerprint density at radius 1 is 1.62 bits per heavy atom. The Bertz CT molecular complexity index is 506. The quantitative estimate of drug-likeness (QED) is 0.848. The standard InChI is InChI=1S/C13H20N4O2S.ClH/c1-8(2)11-12(18)15-5-6-17(11)13(19)9-7-20-10(16-9)3-4-14;/h7-8,11H,3-6,14H2,1-2H3,(H,15,18);1H. The largest absolute Gasteiger partial charge is 0.353 e. The van der Waals surface area contributed by atoms with E-state index in [0.717, 1.165) is 5.01 Å². The van der Waals surface area contributed by atoms with Crippen LogP contribution in [0.5, 0.6) is 0 Å². The van der Waals surface area contributed by atoms with Crippen LogP contribution >= 0.6 is 23.7 Å². The Labute approximate surface area is 134 Å². The van der Waals surface area contributed by atoms with Gasteiger partial charge in [0.1, 0.15) is 11.7 Å². The van der Waals surface area contributed by atoms with Crippen molar-refractivity contribution in [1.29, 1.82) is 0 Å². The number of nitrogens with two attached hydrogens (primary N) is 1. The van der Waals surface area contributed by atoms with Crippen molar-refractivity contribution in [2.24, 2.45) is 11.7 Å². The lowest BCUT2D eigenvalue weighted by Gasteiger charge is -2.36. The number of piperazine rings is 1. The van der Waals surface area contributed by atoms with Gasteiger partial charge in [0, 0.05) is 24.9 Å². The first-order valence-corrected chi connectivity index (χ1v) is 7.65. The Kier molecular flexibility index (Phi) is 6.57. The van der Waals surface area contributed by atoms with Crippen LogP contribution in [0.2, 0.25) is 0 Å². The zero-order chi connectivity index (χ0) is 14.7. The number of halogens is 1. The number of thiazole rings is 1. The van der Waals surface area contributed by atoms with E-state index in [1.165, 1.54) is 11.3 Å². The predicted octanol–water partition coefficient (Wildman–Crippen LogP) is 0.663. The summed E-state index contributed by atoms with van der Waals surface area (Å²) in [6.45, 7) is 5.42. The van der Waals surface area contributed by atoms with Gasteiger partial charge in [0.2, 0.25) is 5.91 Å². The minimum absolute atomic E-state index is 0. The molecule has 1 aromatic heterocycles. The lowest BCUT2D eigenvalue weighted by Crippen LogP contribution is -2.59. The number of rotatable bonds is 4. The maximum absolute atomic E-state index is 12.5. The molecule has 0 bridgehead atoms. The molecule has 0 saturated carbocycles. The van der Waals surface area contributed by atoms with E-state index < -0.39 is 6.04 Å². The highest BCUT2D eigenvalue weighted by molar-refractivity contribution is 7.09. The van der Waals surface area contributed by atoms with E-state index in [1.54, 1.807) is 10.3 Å². The first-order valence-electron chi connectivity index (χ1n) is 6.77. The molecular weight excluding hydrogens is 312 g/mol. The molecular formula is C13H21ClN4O2S. The Morgan fingerprint density at radius 2 is 2.33 bits per heavy atom. The van der Waals surface area contributed by atoms with E-state index in [4.69, 9.17) is 5.73 Å². The second kappa shape index (κ2) is 7.72. The zero-order valence-electron chi connectivity index (χ0n) is 12.2.